The molecule has 1 aliphatic rings. The SMILES string of the molecule is Cc1noc([C@H]2CN(c3ccc(C#N)c(Cl)c3)C[C@@H](C)O2)n1. The molecule has 0 radical (unpaired) electrons. The summed E-state index contributed by atoms with van der Waals surface area (Å²) in [6, 6.07) is 7.48. The maximum Gasteiger partial charge on any atom is 0.257 e. The zero-order valence-electron chi connectivity index (χ0n) is 12.3. The van der Waals surface area contributed by atoms with Crippen LogP contribution < -0.4 is 4.90 Å². The molecular weight excluding hydrogens is 304 g/mol. The first-order chi connectivity index (χ1) is 10.6. The molecule has 1 saturated heterocycles. The van der Waals surface area contributed by atoms with Crippen molar-refractivity contribution in [2.75, 3.05) is 18.0 Å². The normalized spacial score (nSPS) is 21.6. The predicted octanol–water partition coefficient (Wildman–Crippen LogP) is 2.87. The van der Waals surface area contributed by atoms with Gasteiger partial charge in [-0.1, -0.05) is 16.8 Å². The average molecular weight is 319 g/mol. The molecule has 1 aromatic carbocycles. The first-order valence-corrected chi connectivity index (χ1v) is 7.35. The van der Waals surface area contributed by atoms with Gasteiger partial charge in [0, 0.05) is 12.2 Å². The smallest absolute Gasteiger partial charge is 0.257 e. The Morgan fingerprint density at radius 1 is 1.41 bits per heavy atom. The standard InChI is InChI=1S/C15H15ClN4O2/c1-9-7-20(12-4-3-11(6-17)13(16)5-12)8-14(21-9)15-18-10(2)19-22-15/h3-5,9,14H,7-8H2,1-2H3/t9-,14-/m1/s1. The topological polar surface area (TPSA) is 75.2 Å². The first-order valence-electron chi connectivity index (χ1n) is 6.97. The van der Waals surface area contributed by atoms with Gasteiger partial charge in [-0.15, -0.1) is 0 Å². The van der Waals surface area contributed by atoms with Gasteiger partial charge in [-0.3, -0.25) is 0 Å². The molecular formula is C15H15ClN4O2. The quantitative estimate of drug-likeness (QED) is 0.847. The molecule has 0 unspecified atom stereocenters. The summed E-state index contributed by atoms with van der Waals surface area (Å²) in [4.78, 5) is 6.39. The Morgan fingerprint density at radius 2 is 2.23 bits per heavy atom. The molecule has 3 rings (SSSR count). The fraction of sp³-hybridized carbons (Fsp3) is 0.400. The fourth-order valence-corrected chi connectivity index (χ4v) is 2.75. The zero-order chi connectivity index (χ0) is 15.7. The van der Waals surface area contributed by atoms with Crippen molar-refractivity contribution < 1.29 is 9.26 Å². The van der Waals surface area contributed by atoms with E-state index in [0.717, 1.165) is 12.2 Å². The number of nitriles is 1. The highest BCUT2D eigenvalue weighted by Crippen LogP contribution is 2.30. The van der Waals surface area contributed by atoms with Crippen molar-refractivity contribution in [1.82, 2.24) is 10.1 Å². The minimum atomic E-state index is -0.278. The van der Waals surface area contributed by atoms with Crippen molar-refractivity contribution in [1.29, 1.82) is 5.26 Å². The van der Waals surface area contributed by atoms with Crippen LogP contribution in [0, 0.1) is 18.3 Å². The van der Waals surface area contributed by atoms with Crippen LogP contribution in [0.3, 0.4) is 0 Å². The number of benzene rings is 1. The molecule has 0 aliphatic carbocycles. The highest BCUT2D eigenvalue weighted by Gasteiger charge is 2.30. The third-order valence-corrected chi connectivity index (χ3v) is 3.83. The Labute approximate surface area is 133 Å². The summed E-state index contributed by atoms with van der Waals surface area (Å²) >= 11 is 6.12. The number of ether oxygens (including phenoxy) is 1. The van der Waals surface area contributed by atoms with Crippen molar-refractivity contribution in [3.05, 3.63) is 40.5 Å². The van der Waals surface area contributed by atoms with Crippen molar-refractivity contribution in [3.63, 3.8) is 0 Å². The number of aryl methyl sites for hydroxylation is 1. The van der Waals surface area contributed by atoms with Crippen molar-refractivity contribution in [2.45, 2.75) is 26.1 Å². The van der Waals surface area contributed by atoms with Gasteiger partial charge in [-0.25, -0.2) is 0 Å². The van der Waals surface area contributed by atoms with Gasteiger partial charge < -0.3 is 14.2 Å². The third kappa shape index (κ3) is 2.91. The van der Waals surface area contributed by atoms with Crippen molar-refractivity contribution in [3.8, 4) is 6.07 Å². The molecule has 0 spiro atoms. The third-order valence-electron chi connectivity index (χ3n) is 3.52. The number of aromatic nitrogens is 2. The number of anilines is 1. The van der Waals surface area contributed by atoms with E-state index in [2.05, 4.69) is 21.1 Å². The van der Waals surface area contributed by atoms with Crippen LogP contribution in [0.5, 0.6) is 0 Å². The number of nitrogens with zero attached hydrogens (tertiary/aromatic N) is 4. The molecule has 22 heavy (non-hydrogen) atoms. The van der Waals surface area contributed by atoms with Gasteiger partial charge in [-0.2, -0.15) is 10.2 Å². The number of rotatable bonds is 2. The molecule has 2 atom stereocenters. The molecule has 1 aromatic heterocycles. The summed E-state index contributed by atoms with van der Waals surface area (Å²) in [6.07, 6.45) is -0.264. The van der Waals surface area contributed by atoms with Crippen molar-refractivity contribution in [2.24, 2.45) is 0 Å². The molecule has 0 N–H and O–H groups in total. The van der Waals surface area contributed by atoms with Crippen LogP contribution in [0.25, 0.3) is 0 Å². The van der Waals surface area contributed by atoms with Gasteiger partial charge >= 0.3 is 0 Å². The molecule has 0 amide bonds. The zero-order valence-corrected chi connectivity index (χ0v) is 13.0. The Kier molecular flexibility index (Phi) is 4.01. The molecule has 2 aromatic rings. The lowest BCUT2D eigenvalue weighted by atomic mass is 10.1. The second-order valence-corrected chi connectivity index (χ2v) is 5.70. The Balaban J connectivity index is 1.84. The minimum absolute atomic E-state index is 0.0142. The number of halogens is 1. The molecule has 0 saturated carbocycles. The molecule has 114 valence electrons. The lowest BCUT2D eigenvalue weighted by molar-refractivity contribution is -0.0331. The monoisotopic (exact) mass is 318 g/mol. The number of morpholine rings is 1. The summed E-state index contributed by atoms with van der Waals surface area (Å²) in [5, 5.41) is 13.2. The van der Waals surface area contributed by atoms with Gasteiger partial charge in [0.25, 0.3) is 5.89 Å². The number of hydrogen-bond donors (Lipinski definition) is 0. The van der Waals surface area contributed by atoms with E-state index in [1.807, 2.05) is 13.0 Å². The fourth-order valence-electron chi connectivity index (χ4n) is 2.53. The Hall–Kier alpha value is -2.10. The van der Waals surface area contributed by atoms with E-state index in [4.69, 9.17) is 26.1 Å². The molecule has 2 heterocycles. The molecule has 6 nitrogen and oxygen atoms in total. The number of hydrogen-bond acceptors (Lipinski definition) is 6. The molecule has 7 heteroatoms. The van der Waals surface area contributed by atoms with Crippen LogP contribution in [-0.2, 0) is 4.74 Å². The maximum atomic E-state index is 8.96. The van der Waals surface area contributed by atoms with E-state index in [1.54, 1.807) is 19.1 Å². The molecule has 1 aliphatic heterocycles. The van der Waals surface area contributed by atoms with Crippen LogP contribution in [0.15, 0.2) is 22.7 Å². The first kappa shape index (κ1) is 14.8. The largest absolute Gasteiger partial charge is 0.366 e. The van der Waals surface area contributed by atoms with Crippen LogP contribution in [0.1, 0.15) is 30.3 Å². The van der Waals surface area contributed by atoms with Gasteiger partial charge in [-0.05, 0) is 32.0 Å². The summed E-state index contributed by atoms with van der Waals surface area (Å²) in [5.74, 6) is 1.07. The van der Waals surface area contributed by atoms with Gasteiger partial charge in [0.15, 0.2) is 11.9 Å². The summed E-state index contributed by atoms with van der Waals surface area (Å²) in [7, 11) is 0. The second kappa shape index (κ2) is 5.95. The predicted molar refractivity (Wildman–Crippen MR) is 80.7 cm³/mol. The highest BCUT2D eigenvalue weighted by molar-refractivity contribution is 6.32. The van der Waals surface area contributed by atoms with E-state index >= 15 is 0 Å². The van der Waals surface area contributed by atoms with Gasteiger partial charge in [0.05, 0.1) is 23.2 Å². The minimum Gasteiger partial charge on any atom is -0.366 e. The summed E-state index contributed by atoms with van der Waals surface area (Å²) < 4.78 is 11.1. The highest BCUT2D eigenvalue weighted by atomic mass is 35.5. The summed E-state index contributed by atoms with van der Waals surface area (Å²) in [6.45, 7) is 5.09. The van der Waals surface area contributed by atoms with Crippen molar-refractivity contribution >= 4 is 17.3 Å². The van der Waals surface area contributed by atoms with E-state index in [1.165, 1.54) is 0 Å². The van der Waals surface area contributed by atoms with Crippen LogP contribution in [0.4, 0.5) is 5.69 Å². The van der Waals surface area contributed by atoms with Crippen LogP contribution >= 0.6 is 11.6 Å². The van der Waals surface area contributed by atoms with E-state index in [0.29, 0.717) is 28.8 Å². The second-order valence-electron chi connectivity index (χ2n) is 5.30. The summed E-state index contributed by atoms with van der Waals surface area (Å²) in [5.41, 5.74) is 1.41. The molecule has 1 fully saturated rings. The van der Waals surface area contributed by atoms with Gasteiger partial charge in [0.1, 0.15) is 6.07 Å². The van der Waals surface area contributed by atoms with E-state index < -0.39 is 0 Å². The Bertz CT molecular complexity index is 725. The van der Waals surface area contributed by atoms with E-state index in [9.17, 15) is 0 Å². The van der Waals surface area contributed by atoms with Crippen LogP contribution in [0.2, 0.25) is 5.02 Å². The lowest BCUT2D eigenvalue weighted by Crippen LogP contribution is -2.43. The molecule has 0 bridgehead atoms. The van der Waals surface area contributed by atoms with Gasteiger partial charge in [0.2, 0.25) is 0 Å². The maximum absolute atomic E-state index is 8.96. The van der Waals surface area contributed by atoms with Crippen LogP contribution in [-0.4, -0.2) is 29.3 Å². The lowest BCUT2D eigenvalue weighted by Gasteiger charge is -2.36. The Morgan fingerprint density at radius 3 is 2.86 bits per heavy atom. The average Bonchev–Trinajstić information content (AvgIpc) is 2.93. The van der Waals surface area contributed by atoms with E-state index in [-0.39, 0.29) is 12.2 Å².